The van der Waals surface area contributed by atoms with Crippen molar-refractivity contribution in [3.8, 4) is 0 Å². The summed E-state index contributed by atoms with van der Waals surface area (Å²) in [5.74, 6) is -0.564. The van der Waals surface area contributed by atoms with Gasteiger partial charge in [-0.15, -0.1) is 0 Å². The lowest BCUT2D eigenvalue weighted by Gasteiger charge is -2.13. The van der Waals surface area contributed by atoms with Gasteiger partial charge in [-0.05, 0) is 49.3 Å². The molecule has 1 unspecified atom stereocenters. The zero-order valence-electron chi connectivity index (χ0n) is 10.8. The molecule has 1 N–H and O–H groups in total. The molecule has 1 aromatic carbocycles. The van der Waals surface area contributed by atoms with Gasteiger partial charge in [0.25, 0.3) is 0 Å². The zero-order valence-corrected chi connectivity index (χ0v) is 10.8. The van der Waals surface area contributed by atoms with E-state index in [0.29, 0.717) is 12.2 Å². The largest absolute Gasteiger partial charge is 0.464 e. The second kappa shape index (κ2) is 6.01. The number of fused-ring (bicyclic) bond motifs is 1. The first-order chi connectivity index (χ1) is 8.72. The van der Waals surface area contributed by atoms with Gasteiger partial charge >= 0.3 is 5.97 Å². The van der Waals surface area contributed by atoms with Crippen LogP contribution in [0.5, 0.6) is 0 Å². The second-order valence-corrected chi connectivity index (χ2v) is 4.74. The summed E-state index contributed by atoms with van der Waals surface area (Å²) < 4.78 is 4.84. The zero-order chi connectivity index (χ0) is 13.0. The molecule has 0 spiro atoms. The number of esters is 1. The van der Waals surface area contributed by atoms with Gasteiger partial charge in [0.05, 0.1) is 6.61 Å². The molecule has 3 heteroatoms. The van der Waals surface area contributed by atoms with Crippen LogP contribution >= 0.6 is 0 Å². The Hall–Kier alpha value is -1.35. The van der Waals surface area contributed by atoms with E-state index in [1.54, 1.807) is 6.92 Å². The number of benzene rings is 1. The number of rotatable bonds is 3. The SMILES string of the molecule is CCOC(=O)C(O)c1ccc2c(c1)CCCCC2. The molecule has 0 fully saturated rings. The number of hydrogen-bond donors (Lipinski definition) is 1. The van der Waals surface area contributed by atoms with Crippen molar-refractivity contribution < 1.29 is 14.6 Å². The van der Waals surface area contributed by atoms with Crippen molar-refractivity contribution in [2.45, 2.75) is 45.1 Å². The molecule has 1 aromatic rings. The Balaban J connectivity index is 2.19. The van der Waals surface area contributed by atoms with Crippen molar-refractivity contribution in [3.05, 3.63) is 34.9 Å². The molecule has 0 heterocycles. The highest BCUT2D eigenvalue weighted by Gasteiger charge is 2.20. The van der Waals surface area contributed by atoms with Crippen LogP contribution in [-0.4, -0.2) is 17.7 Å². The lowest BCUT2D eigenvalue weighted by molar-refractivity contribution is -0.153. The Morgan fingerprint density at radius 2 is 2.00 bits per heavy atom. The van der Waals surface area contributed by atoms with Crippen LogP contribution in [0.4, 0.5) is 0 Å². The van der Waals surface area contributed by atoms with Gasteiger partial charge in [-0.3, -0.25) is 0 Å². The maximum absolute atomic E-state index is 11.5. The highest BCUT2D eigenvalue weighted by molar-refractivity contribution is 5.76. The highest BCUT2D eigenvalue weighted by atomic mass is 16.5. The van der Waals surface area contributed by atoms with E-state index < -0.39 is 12.1 Å². The molecule has 1 aliphatic rings. The predicted octanol–water partition coefficient (Wildman–Crippen LogP) is 2.55. The minimum Gasteiger partial charge on any atom is -0.464 e. The van der Waals surface area contributed by atoms with Crippen molar-refractivity contribution in [2.75, 3.05) is 6.61 Å². The van der Waals surface area contributed by atoms with E-state index in [1.807, 2.05) is 18.2 Å². The third kappa shape index (κ3) is 2.91. The summed E-state index contributed by atoms with van der Waals surface area (Å²) >= 11 is 0. The van der Waals surface area contributed by atoms with Crippen LogP contribution in [0.25, 0.3) is 0 Å². The lowest BCUT2D eigenvalue weighted by atomic mass is 9.98. The Morgan fingerprint density at radius 1 is 1.28 bits per heavy atom. The van der Waals surface area contributed by atoms with E-state index in [2.05, 4.69) is 0 Å². The molecule has 0 radical (unpaired) electrons. The van der Waals surface area contributed by atoms with Crippen molar-refractivity contribution >= 4 is 5.97 Å². The first kappa shape index (κ1) is 13.1. The summed E-state index contributed by atoms with van der Waals surface area (Å²) in [6.45, 7) is 2.03. The molecule has 0 saturated heterocycles. The normalized spacial score (nSPS) is 16.6. The number of carbonyl (C=O) groups is 1. The maximum atomic E-state index is 11.5. The van der Waals surface area contributed by atoms with Crippen molar-refractivity contribution in [2.24, 2.45) is 0 Å². The summed E-state index contributed by atoms with van der Waals surface area (Å²) in [7, 11) is 0. The summed E-state index contributed by atoms with van der Waals surface area (Å²) in [6.07, 6.45) is 4.66. The summed E-state index contributed by atoms with van der Waals surface area (Å²) in [5, 5.41) is 9.92. The molecular weight excluding hydrogens is 228 g/mol. The molecule has 3 nitrogen and oxygen atoms in total. The number of hydrogen-bond acceptors (Lipinski definition) is 3. The van der Waals surface area contributed by atoms with Gasteiger partial charge < -0.3 is 9.84 Å². The fourth-order valence-corrected chi connectivity index (χ4v) is 2.46. The van der Waals surface area contributed by atoms with Crippen LogP contribution in [-0.2, 0) is 22.4 Å². The fraction of sp³-hybridized carbons (Fsp3) is 0.533. The number of ether oxygens (including phenoxy) is 1. The molecule has 0 bridgehead atoms. The van der Waals surface area contributed by atoms with Gasteiger partial charge in [0.2, 0.25) is 0 Å². The third-order valence-corrected chi connectivity index (χ3v) is 3.45. The number of aliphatic hydroxyl groups is 1. The standard InChI is InChI=1S/C15H20O3/c1-2-18-15(17)14(16)13-9-8-11-6-4-3-5-7-12(11)10-13/h8-10,14,16H,2-7H2,1H3. The van der Waals surface area contributed by atoms with Gasteiger partial charge in [-0.1, -0.05) is 24.6 Å². The smallest absolute Gasteiger partial charge is 0.339 e. The maximum Gasteiger partial charge on any atom is 0.339 e. The number of aryl methyl sites for hydroxylation is 2. The van der Waals surface area contributed by atoms with Gasteiger partial charge in [-0.2, -0.15) is 0 Å². The van der Waals surface area contributed by atoms with E-state index in [4.69, 9.17) is 4.74 Å². The topological polar surface area (TPSA) is 46.5 Å². The van der Waals surface area contributed by atoms with E-state index in [1.165, 1.54) is 30.4 Å². The van der Waals surface area contributed by atoms with Crippen LogP contribution in [0.1, 0.15) is 49.0 Å². The number of aliphatic hydroxyl groups excluding tert-OH is 1. The summed E-state index contributed by atoms with van der Waals surface area (Å²) in [6, 6.07) is 5.84. The molecule has 1 atom stereocenters. The van der Waals surface area contributed by atoms with Crippen molar-refractivity contribution in [1.29, 1.82) is 0 Å². The Kier molecular flexibility index (Phi) is 4.37. The molecule has 0 saturated carbocycles. The monoisotopic (exact) mass is 248 g/mol. The molecule has 98 valence electrons. The van der Waals surface area contributed by atoms with E-state index in [-0.39, 0.29) is 0 Å². The average molecular weight is 248 g/mol. The molecule has 0 aliphatic heterocycles. The summed E-state index contributed by atoms with van der Waals surface area (Å²) in [4.78, 5) is 11.5. The van der Waals surface area contributed by atoms with Crippen LogP contribution in [0.15, 0.2) is 18.2 Å². The van der Waals surface area contributed by atoms with E-state index in [0.717, 1.165) is 12.8 Å². The minimum atomic E-state index is -1.15. The van der Waals surface area contributed by atoms with Gasteiger partial charge in [0.1, 0.15) is 0 Å². The Bertz CT molecular complexity index is 426. The van der Waals surface area contributed by atoms with E-state index in [9.17, 15) is 9.90 Å². The minimum absolute atomic E-state index is 0.292. The average Bonchev–Trinajstić information content (AvgIpc) is 2.62. The lowest BCUT2D eigenvalue weighted by Crippen LogP contribution is -2.15. The quantitative estimate of drug-likeness (QED) is 0.660. The molecular formula is C15H20O3. The third-order valence-electron chi connectivity index (χ3n) is 3.45. The Labute approximate surface area is 108 Å². The van der Waals surface area contributed by atoms with Gasteiger partial charge in [0.15, 0.2) is 6.10 Å². The van der Waals surface area contributed by atoms with Crippen molar-refractivity contribution in [1.82, 2.24) is 0 Å². The number of carbonyl (C=O) groups excluding carboxylic acids is 1. The van der Waals surface area contributed by atoms with Crippen molar-refractivity contribution in [3.63, 3.8) is 0 Å². The molecule has 2 rings (SSSR count). The Morgan fingerprint density at radius 3 is 2.72 bits per heavy atom. The molecule has 18 heavy (non-hydrogen) atoms. The van der Waals surface area contributed by atoms with Crippen LogP contribution < -0.4 is 0 Å². The first-order valence-corrected chi connectivity index (χ1v) is 6.68. The fourth-order valence-electron chi connectivity index (χ4n) is 2.46. The highest BCUT2D eigenvalue weighted by Crippen LogP contribution is 2.24. The summed E-state index contributed by atoms with van der Waals surface area (Å²) in [5.41, 5.74) is 3.27. The van der Waals surface area contributed by atoms with Crippen LogP contribution in [0.3, 0.4) is 0 Å². The van der Waals surface area contributed by atoms with Gasteiger partial charge in [-0.25, -0.2) is 4.79 Å². The van der Waals surface area contributed by atoms with Crippen LogP contribution in [0.2, 0.25) is 0 Å². The first-order valence-electron chi connectivity index (χ1n) is 6.68. The molecule has 1 aliphatic carbocycles. The van der Waals surface area contributed by atoms with Crippen LogP contribution in [0, 0.1) is 0 Å². The van der Waals surface area contributed by atoms with E-state index >= 15 is 0 Å². The predicted molar refractivity (Wildman–Crippen MR) is 69.3 cm³/mol. The molecule has 0 amide bonds. The molecule has 0 aromatic heterocycles. The van der Waals surface area contributed by atoms with Gasteiger partial charge in [0, 0.05) is 0 Å². The second-order valence-electron chi connectivity index (χ2n) is 4.74.